The van der Waals surface area contributed by atoms with Gasteiger partial charge in [-0.15, -0.1) is 0 Å². The fourth-order valence-corrected chi connectivity index (χ4v) is 4.00. The molecule has 1 amide bonds. The van der Waals surface area contributed by atoms with Crippen molar-refractivity contribution in [1.82, 2.24) is 9.80 Å². The highest BCUT2D eigenvalue weighted by Gasteiger charge is 2.24. The highest BCUT2D eigenvalue weighted by molar-refractivity contribution is 6.32. The summed E-state index contributed by atoms with van der Waals surface area (Å²) < 4.78 is 16.4. The minimum absolute atomic E-state index is 0.0184. The zero-order chi connectivity index (χ0) is 20.2. The van der Waals surface area contributed by atoms with Crippen molar-refractivity contribution < 1.29 is 19.0 Å². The lowest BCUT2D eigenvalue weighted by atomic mass is 10.1. The van der Waals surface area contributed by atoms with Gasteiger partial charge in [0.25, 0.3) is 5.91 Å². The molecule has 29 heavy (non-hydrogen) atoms. The van der Waals surface area contributed by atoms with Crippen molar-refractivity contribution in [3.05, 3.63) is 52.5 Å². The second-order valence-corrected chi connectivity index (χ2v) is 7.66. The van der Waals surface area contributed by atoms with E-state index in [9.17, 15) is 4.79 Å². The van der Waals surface area contributed by atoms with Gasteiger partial charge in [-0.1, -0.05) is 23.7 Å². The van der Waals surface area contributed by atoms with Crippen molar-refractivity contribution >= 4 is 17.5 Å². The molecule has 2 aliphatic heterocycles. The highest BCUT2D eigenvalue weighted by Crippen LogP contribution is 2.38. The topological polar surface area (TPSA) is 51.2 Å². The zero-order valence-corrected chi connectivity index (χ0v) is 17.3. The van der Waals surface area contributed by atoms with E-state index in [-0.39, 0.29) is 5.91 Å². The third-order valence-corrected chi connectivity index (χ3v) is 5.57. The van der Waals surface area contributed by atoms with Crippen LogP contribution < -0.4 is 14.2 Å². The SMILES string of the molecule is COc1ccc(CN2CCCN(C(=O)c3cc(Cl)c4c(c3)OCCO4)CC2)cc1. The molecule has 0 saturated carbocycles. The molecule has 1 saturated heterocycles. The fraction of sp³-hybridized carbons (Fsp3) is 0.409. The number of carbonyl (C=O) groups is 1. The zero-order valence-electron chi connectivity index (χ0n) is 16.5. The normalized spacial score (nSPS) is 17.0. The maximum absolute atomic E-state index is 13.1. The predicted molar refractivity (Wildman–Crippen MR) is 111 cm³/mol. The maximum atomic E-state index is 13.1. The van der Waals surface area contributed by atoms with Crippen LogP contribution in [0.2, 0.25) is 5.02 Å². The van der Waals surface area contributed by atoms with E-state index in [4.69, 9.17) is 25.8 Å². The van der Waals surface area contributed by atoms with Gasteiger partial charge < -0.3 is 19.1 Å². The summed E-state index contributed by atoms with van der Waals surface area (Å²) in [6.45, 7) is 4.99. The lowest BCUT2D eigenvalue weighted by Gasteiger charge is -2.24. The molecule has 2 aromatic carbocycles. The summed E-state index contributed by atoms with van der Waals surface area (Å²) in [4.78, 5) is 17.3. The van der Waals surface area contributed by atoms with Gasteiger partial charge in [-0.3, -0.25) is 9.69 Å². The highest BCUT2D eigenvalue weighted by atomic mass is 35.5. The Bertz CT molecular complexity index is 872. The molecule has 1 fully saturated rings. The van der Waals surface area contributed by atoms with Crippen molar-refractivity contribution in [1.29, 1.82) is 0 Å². The Kier molecular flexibility index (Phi) is 6.11. The van der Waals surface area contributed by atoms with Gasteiger partial charge in [-0.25, -0.2) is 0 Å². The minimum Gasteiger partial charge on any atom is -0.497 e. The Labute approximate surface area is 175 Å². The van der Waals surface area contributed by atoms with Crippen LogP contribution in [-0.4, -0.2) is 62.2 Å². The van der Waals surface area contributed by atoms with Crippen LogP contribution in [0.25, 0.3) is 0 Å². The molecule has 154 valence electrons. The molecule has 0 atom stereocenters. The van der Waals surface area contributed by atoms with Crippen LogP contribution in [0, 0.1) is 0 Å². The van der Waals surface area contributed by atoms with Gasteiger partial charge in [0.2, 0.25) is 0 Å². The van der Waals surface area contributed by atoms with Gasteiger partial charge in [-0.05, 0) is 36.2 Å². The summed E-state index contributed by atoms with van der Waals surface area (Å²) in [7, 11) is 1.67. The van der Waals surface area contributed by atoms with E-state index in [1.807, 2.05) is 17.0 Å². The number of benzene rings is 2. The minimum atomic E-state index is -0.0184. The second kappa shape index (κ2) is 8.93. The number of hydrogen-bond acceptors (Lipinski definition) is 5. The van der Waals surface area contributed by atoms with Crippen molar-refractivity contribution in [3.63, 3.8) is 0 Å². The molecular formula is C22H25ClN2O4. The molecular weight excluding hydrogens is 392 g/mol. The van der Waals surface area contributed by atoms with E-state index in [0.717, 1.165) is 38.3 Å². The molecule has 0 spiro atoms. The molecule has 0 aliphatic carbocycles. The summed E-state index contributed by atoms with van der Waals surface area (Å²) in [6, 6.07) is 11.6. The van der Waals surface area contributed by atoms with Gasteiger partial charge in [0.15, 0.2) is 11.5 Å². The third-order valence-electron chi connectivity index (χ3n) is 5.28. The van der Waals surface area contributed by atoms with E-state index in [2.05, 4.69) is 17.0 Å². The lowest BCUT2D eigenvalue weighted by molar-refractivity contribution is 0.0760. The van der Waals surface area contributed by atoms with Gasteiger partial charge >= 0.3 is 0 Å². The van der Waals surface area contributed by atoms with Gasteiger partial charge in [0.1, 0.15) is 19.0 Å². The first-order chi connectivity index (χ1) is 14.1. The molecule has 4 rings (SSSR count). The Balaban J connectivity index is 1.40. The molecule has 2 heterocycles. The van der Waals surface area contributed by atoms with Crippen LogP contribution >= 0.6 is 11.6 Å². The summed E-state index contributed by atoms with van der Waals surface area (Å²) in [5.74, 6) is 1.91. The third kappa shape index (κ3) is 4.60. The largest absolute Gasteiger partial charge is 0.497 e. The van der Waals surface area contributed by atoms with Gasteiger partial charge in [-0.2, -0.15) is 0 Å². The van der Waals surface area contributed by atoms with Gasteiger partial charge in [0, 0.05) is 38.3 Å². The number of rotatable bonds is 4. The first kappa shape index (κ1) is 19.9. The van der Waals surface area contributed by atoms with Crippen LogP contribution in [0.5, 0.6) is 17.2 Å². The average Bonchev–Trinajstić information content (AvgIpc) is 2.99. The smallest absolute Gasteiger partial charge is 0.254 e. The van der Waals surface area contributed by atoms with Crippen LogP contribution in [0.15, 0.2) is 36.4 Å². The number of nitrogens with zero attached hydrogens (tertiary/aromatic N) is 2. The average molecular weight is 417 g/mol. The molecule has 0 N–H and O–H groups in total. The van der Waals surface area contributed by atoms with Crippen LogP contribution in [-0.2, 0) is 6.54 Å². The van der Waals surface area contributed by atoms with Crippen LogP contribution in [0.4, 0.5) is 0 Å². The molecule has 0 bridgehead atoms. The van der Waals surface area contributed by atoms with E-state index in [1.165, 1.54) is 5.56 Å². The molecule has 0 unspecified atom stereocenters. The summed E-state index contributed by atoms with van der Waals surface area (Å²) in [6.07, 6.45) is 0.931. The molecule has 6 nitrogen and oxygen atoms in total. The Morgan fingerprint density at radius 2 is 1.86 bits per heavy atom. The van der Waals surface area contributed by atoms with Crippen molar-refractivity contribution in [3.8, 4) is 17.2 Å². The Morgan fingerprint density at radius 1 is 1.07 bits per heavy atom. The number of halogens is 1. The van der Waals surface area contributed by atoms with Crippen LogP contribution in [0.3, 0.4) is 0 Å². The molecule has 0 aromatic heterocycles. The quantitative estimate of drug-likeness (QED) is 0.763. The molecule has 2 aromatic rings. The monoisotopic (exact) mass is 416 g/mol. The van der Waals surface area contributed by atoms with E-state index >= 15 is 0 Å². The molecule has 0 radical (unpaired) electrons. The van der Waals surface area contributed by atoms with Gasteiger partial charge in [0.05, 0.1) is 12.1 Å². The number of amides is 1. The first-order valence-corrected chi connectivity index (χ1v) is 10.3. The fourth-order valence-electron chi connectivity index (χ4n) is 3.74. The predicted octanol–water partition coefficient (Wildman–Crippen LogP) is 3.47. The number of hydrogen-bond donors (Lipinski definition) is 0. The van der Waals surface area contributed by atoms with E-state index in [1.54, 1.807) is 19.2 Å². The summed E-state index contributed by atoms with van der Waals surface area (Å²) >= 11 is 6.30. The Morgan fingerprint density at radius 3 is 2.66 bits per heavy atom. The molecule has 2 aliphatic rings. The van der Waals surface area contributed by atoms with E-state index < -0.39 is 0 Å². The number of ether oxygens (including phenoxy) is 3. The Hall–Kier alpha value is -2.44. The maximum Gasteiger partial charge on any atom is 0.254 e. The second-order valence-electron chi connectivity index (χ2n) is 7.25. The van der Waals surface area contributed by atoms with Crippen molar-refractivity contribution in [2.75, 3.05) is 46.5 Å². The lowest BCUT2D eigenvalue weighted by Crippen LogP contribution is -2.35. The molecule has 7 heteroatoms. The standard InChI is InChI=1S/C22H25ClN2O4/c1-27-18-5-3-16(4-6-18)15-24-7-2-8-25(10-9-24)22(26)17-13-19(23)21-20(14-17)28-11-12-29-21/h3-6,13-14H,2,7-12,15H2,1H3. The van der Waals surface area contributed by atoms with Crippen molar-refractivity contribution in [2.24, 2.45) is 0 Å². The number of fused-ring (bicyclic) bond motifs is 1. The number of carbonyl (C=O) groups excluding carboxylic acids is 1. The van der Waals surface area contributed by atoms with Crippen molar-refractivity contribution in [2.45, 2.75) is 13.0 Å². The van der Waals surface area contributed by atoms with Crippen LogP contribution in [0.1, 0.15) is 22.3 Å². The number of methoxy groups -OCH3 is 1. The summed E-state index contributed by atoms with van der Waals surface area (Å²) in [5, 5.41) is 0.418. The summed E-state index contributed by atoms with van der Waals surface area (Å²) in [5.41, 5.74) is 1.78. The first-order valence-electron chi connectivity index (χ1n) is 9.88. The van der Waals surface area contributed by atoms with E-state index in [0.29, 0.717) is 41.8 Å².